The summed E-state index contributed by atoms with van der Waals surface area (Å²) in [6, 6.07) is 18.9. The van der Waals surface area contributed by atoms with Crippen molar-refractivity contribution in [2.24, 2.45) is 0 Å². The zero-order valence-electron chi connectivity index (χ0n) is 18.5. The van der Waals surface area contributed by atoms with Crippen molar-refractivity contribution in [1.82, 2.24) is 0 Å². The van der Waals surface area contributed by atoms with E-state index in [4.69, 9.17) is 0 Å². The zero-order chi connectivity index (χ0) is 20.6. The van der Waals surface area contributed by atoms with Crippen LogP contribution in [0.1, 0.15) is 112 Å². The van der Waals surface area contributed by atoms with Crippen LogP contribution in [0.25, 0.3) is 0 Å². The van der Waals surface area contributed by atoms with Crippen LogP contribution in [-0.2, 0) is 0 Å². The van der Waals surface area contributed by atoms with Gasteiger partial charge in [-0.05, 0) is 48.6 Å². The molecule has 28 heavy (non-hydrogen) atoms. The number of carbonyl (C=O) groups is 1. The van der Waals surface area contributed by atoms with Crippen LogP contribution in [-0.4, -0.2) is 6.29 Å². The molecule has 2 aromatic carbocycles. The van der Waals surface area contributed by atoms with Crippen LogP contribution < -0.4 is 0 Å². The predicted molar refractivity (Wildman–Crippen MR) is 123 cm³/mol. The van der Waals surface area contributed by atoms with Crippen molar-refractivity contribution in [2.75, 3.05) is 0 Å². The highest BCUT2D eigenvalue weighted by molar-refractivity contribution is 5.74. The standard InChI is InChI=1S/C14H20O.C13H20/c1-3-5-13(6-4-2)14-9-7-12(11-15)8-10-14;1-3-8-12(9-4-2)13-10-6-5-7-11-13/h7-11,13H,3-6H2,1-2H3;5-7,10-12H,3-4,8-9H2,1-2H3. The Kier molecular flexibility index (Phi) is 13.0. The first-order chi connectivity index (χ1) is 13.7. The summed E-state index contributed by atoms with van der Waals surface area (Å²) in [5.41, 5.74) is 3.67. The lowest BCUT2D eigenvalue weighted by atomic mass is 9.90. The first-order valence-corrected chi connectivity index (χ1v) is 11.3. The summed E-state index contributed by atoms with van der Waals surface area (Å²) < 4.78 is 0. The van der Waals surface area contributed by atoms with Gasteiger partial charge in [-0.2, -0.15) is 0 Å². The van der Waals surface area contributed by atoms with Gasteiger partial charge in [-0.15, -0.1) is 0 Å². The molecule has 1 nitrogen and oxygen atoms in total. The normalized spacial score (nSPS) is 10.6. The lowest BCUT2D eigenvalue weighted by Crippen LogP contribution is -1.98. The highest BCUT2D eigenvalue weighted by Gasteiger charge is 2.09. The molecule has 0 fully saturated rings. The van der Waals surface area contributed by atoms with Gasteiger partial charge >= 0.3 is 0 Å². The molecule has 0 aromatic heterocycles. The second kappa shape index (κ2) is 15.1. The summed E-state index contributed by atoms with van der Waals surface area (Å²) in [5.74, 6) is 1.46. The summed E-state index contributed by atoms with van der Waals surface area (Å²) in [7, 11) is 0. The number of hydrogen-bond acceptors (Lipinski definition) is 1. The fourth-order valence-corrected chi connectivity index (χ4v) is 3.92. The number of aldehydes is 1. The maximum atomic E-state index is 10.5. The van der Waals surface area contributed by atoms with Gasteiger partial charge in [0.2, 0.25) is 0 Å². The summed E-state index contributed by atoms with van der Waals surface area (Å²) in [6.45, 7) is 8.99. The lowest BCUT2D eigenvalue weighted by molar-refractivity contribution is 0.112. The SMILES string of the molecule is CCCC(CCC)c1ccc(C=O)cc1.CCCC(CCC)c1ccccc1. The molecule has 0 unspecified atom stereocenters. The molecule has 0 saturated carbocycles. The van der Waals surface area contributed by atoms with Crippen molar-refractivity contribution in [1.29, 1.82) is 0 Å². The molecule has 0 radical (unpaired) electrons. The van der Waals surface area contributed by atoms with Gasteiger partial charge in [-0.1, -0.05) is 108 Å². The van der Waals surface area contributed by atoms with E-state index >= 15 is 0 Å². The highest BCUT2D eigenvalue weighted by Crippen LogP contribution is 2.26. The Morgan fingerprint density at radius 1 is 0.607 bits per heavy atom. The van der Waals surface area contributed by atoms with Crippen LogP contribution in [0.5, 0.6) is 0 Å². The minimum atomic E-state index is 0.667. The maximum absolute atomic E-state index is 10.5. The molecule has 0 amide bonds. The molecule has 154 valence electrons. The van der Waals surface area contributed by atoms with E-state index in [2.05, 4.69) is 70.2 Å². The van der Waals surface area contributed by atoms with Crippen molar-refractivity contribution in [2.45, 2.75) is 90.9 Å². The monoisotopic (exact) mass is 380 g/mol. The molecule has 0 aliphatic carbocycles. The molecule has 0 saturated heterocycles. The largest absolute Gasteiger partial charge is 0.298 e. The third-order valence-electron chi connectivity index (χ3n) is 5.36. The minimum Gasteiger partial charge on any atom is -0.298 e. The van der Waals surface area contributed by atoms with Crippen molar-refractivity contribution in [3.63, 3.8) is 0 Å². The average molecular weight is 381 g/mol. The maximum Gasteiger partial charge on any atom is 0.150 e. The van der Waals surface area contributed by atoms with Gasteiger partial charge in [0.05, 0.1) is 0 Å². The van der Waals surface area contributed by atoms with Gasteiger partial charge in [0.25, 0.3) is 0 Å². The Morgan fingerprint density at radius 2 is 1.00 bits per heavy atom. The van der Waals surface area contributed by atoms with Gasteiger partial charge < -0.3 is 0 Å². The third-order valence-corrected chi connectivity index (χ3v) is 5.36. The van der Waals surface area contributed by atoms with Gasteiger partial charge in [-0.25, -0.2) is 0 Å². The number of hydrogen-bond donors (Lipinski definition) is 0. The van der Waals surface area contributed by atoms with Crippen LogP contribution in [0.3, 0.4) is 0 Å². The summed E-state index contributed by atoms with van der Waals surface area (Å²) in [5, 5.41) is 0. The fraction of sp³-hybridized carbons (Fsp3) is 0.519. The van der Waals surface area contributed by atoms with E-state index in [-0.39, 0.29) is 0 Å². The summed E-state index contributed by atoms with van der Waals surface area (Å²) in [6.07, 6.45) is 11.1. The highest BCUT2D eigenvalue weighted by atomic mass is 16.1. The molecule has 0 N–H and O–H groups in total. The fourth-order valence-electron chi connectivity index (χ4n) is 3.92. The molecule has 0 aliphatic rings. The second-order valence-corrected chi connectivity index (χ2v) is 7.74. The zero-order valence-corrected chi connectivity index (χ0v) is 18.5. The van der Waals surface area contributed by atoms with Crippen molar-refractivity contribution in [3.8, 4) is 0 Å². The van der Waals surface area contributed by atoms with Crippen molar-refractivity contribution < 1.29 is 4.79 Å². The van der Waals surface area contributed by atoms with E-state index in [9.17, 15) is 4.79 Å². The number of benzene rings is 2. The van der Waals surface area contributed by atoms with Crippen LogP contribution in [0, 0.1) is 0 Å². The smallest absolute Gasteiger partial charge is 0.150 e. The van der Waals surface area contributed by atoms with Crippen LogP contribution >= 0.6 is 0 Å². The van der Waals surface area contributed by atoms with Gasteiger partial charge in [0, 0.05) is 5.56 Å². The van der Waals surface area contributed by atoms with Crippen LogP contribution in [0.4, 0.5) is 0 Å². The number of rotatable bonds is 11. The first kappa shape index (κ1) is 24.1. The minimum absolute atomic E-state index is 0.667. The molecule has 0 spiro atoms. The van der Waals surface area contributed by atoms with E-state index in [0.29, 0.717) is 5.92 Å². The second-order valence-electron chi connectivity index (χ2n) is 7.74. The van der Waals surface area contributed by atoms with E-state index in [1.54, 1.807) is 0 Å². The summed E-state index contributed by atoms with van der Waals surface area (Å²) in [4.78, 5) is 10.5. The Hall–Kier alpha value is -1.89. The van der Waals surface area contributed by atoms with Crippen molar-refractivity contribution in [3.05, 3.63) is 71.3 Å². The van der Waals surface area contributed by atoms with Gasteiger partial charge in [-0.3, -0.25) is 4.79 Å². The van der Waals surface area contributed by atoms with Crippen LogP contribution in [0.2, 0.25) is 0 Å². The van der Waals surface area contributed by atoms with Crippen LogP contribution in [0.15, 0.2) is 54.6 Å². The Bertz CT molecular complexity index is 602. The molecule has 2 aromatic rings. The van der Waals surface area contributed by atoms with E-state index < -0.39 is 0 Å². The predicted octanol–water partition coefficient (Wildman–Crippen LogP) is 8.55. The van der Waals surface area contributed by atoms with E-state index in [1.165, 1.54) is 62.5 Å². The molecule has 2 rings (SSSR count). The third kappa shape index (κ3) is 8.87. The molecular weight excluding hydrogens is 340 g/mol. The molecule has 1 heteroatoms. The van der Waals surface area contributed by atoms with Gasteiger partial charge in [0.1, 0.15) is 6.29 Å². The van der Waals surface area contributed by atoms with Gasteiger partial charge in [0.15, 0.2) is 0 Å². The Labute approximate surface area is 173 Å². The molecule has 0 atom stereocenters. The Morgan fingerprint density at radius 3 is 1.36 bits per heavy atom. The quantitative estimate of drug-likeness (QED) is 0.357. The molecule has 0 heterocycles. The van der Waals surface area contributed by atoms with Crippen molar-refractivity contribution >= 4 is 6.29 Å². The summed E-state index contributed by atoms with van der Waals surface area (Å²) >= 11 is 0. The molecule has 0 bridgehead atoms. The molecule has 0 aliphatic heterocycles. The van der Waals surface area contributed by atoms with E-state index in [0.717, 1.165) is 17.8 Å². The molecular formula is C27H40O. The number of carbonyl (C=O) groups excluding carboxylic acids is 1. The topological polar surface area (TPSA) is 17.1 Å². The van der Waals surface area contributed by atoms with E-state index in [1.807, 2.05) is 12.1 Å². The lowest BCUT2D eigenvalue weighted by Gasteiger charge is -2.15. The first-order valence-electron chi connectivity index (χ1n) is 11.3. The Balaban J connectivity index is 0.000000283. The average Bonchev–Trinajstić information content (AvgIpc) is 2.75.